The van der Waals surface area contributed by atoms with E-state index in [-0.39, 0.29) is 41.4 Å². The number of methoxy groups -OCH3 is 1. The topological polar surface area (TPSA) is 212 Å². The van der Waals surface area contributed by atoms with Crippen LogP contribution < -0.4 is 30.2 Å². The second kappa shape index (κ2) is 13.0. The Morgan fingerprint density at radius 2 is 1.16 bits per heavy atom. The van der Waals surface area contributed by atoms with E-state index in [1.807, 2.05) is 0 Å². The lowest BCUT2D eigenvalue weighted by molar-refractivity contribution is 0.0593. The van der Waals surface area contributed by atoms with E-state index in [2.05, 4.69) is 50.3 Å². The third-order valence-corrected chi connectivity index (χ3v) is 8.52. The van der Waals surface area contributed by atoms with Crippen molar-refractivity contribution < 1.29 is 29.0 Å². The number of fused-ring (bicyclic) bond motifs is 8. The number of urea groups is 2. The van der Waals surface area contributed by atoms with Gasteiger partial charge in [0.05, 0.1) is 30.6 Å². The Kier molecular flexibility index (Phi) is 8.25. The van der Waals surface area contributed by atoms with Gasteiger partial charge in [0.25, 0.3) is 0 Å². The van der Waals surface area contributed by atoms with Crippen LogP contribution in [0.2, 0.25) is 0 Å². The Hall–Kier alpha value is -6.46. The molecular formula is C31H30N12O6. The molecule has 4 amide bonds. The Labute approximate surface area is 278 Å². The standard InChI is InChI=1S/C16H16N6O3.C15H14N6O3/c1-25-14(23)11-3-4-12-13(19-11)22(10-5-8-21(12)9-10)16(24)20-15-17-6-2-7-18-15;22-13(23)10-2-3-11-12(18-10)21(9-4-7-20(11)8-9)15(24)19-14-16-5-1-6-17-14/h2-4,6-7,10H,5,8-9H2,1H3,(H,17,18,20,24);1-3,5-6,9H,4,7-8H2,(H,22,23)(H,16,17,19,24)/t10-;9-/m00/s1. The molecule has 250 valence electrons. The molecule has 0 unspecified atom stereocenters. The summed E-state index contributed by atoms with van der Waals surface area (Å²) in [6, 6.07) is 9.04. The van der Waals surface area contributed by atoms with Crippen LogP contribution in [0.25, 0.3) is 0 Å². The van der Waals surface area contributed by atoms with Crippen LogP contribution in [0.5, 0.6) is 0 Å². The Balaban J connectivity index is 0.000000154. The molecule has 0 aliphatic carbocycles. The van der Waals surface area contributed by atoms with Crippen molar-refractivity contribution in [1.82, 2.24) is 29.9 Å². The van der Waals surface area contributed by atoms with E-state index in [1.165, 1.54) is 30.5 Å². The first kappa shape index (κ1) is 31.2. The van der Waals surface area contributed by atoms with Gasteiger partial charge in [0.15, 0.2) is 23.0 Å². The van der Waals surface area contributed by atoms with E-state index in [0.29, 0.717) is 18.2 Å². The number of nitrogens with one attached hydrogen (secondary N) is 2. The van der Waals surface area contributed by atoms with E-state index in [4.69, 9.17) is 4.74 Å². The summed E-state index contributed by atoms with van der Waals surface area (Å²) < 4.78 is 4.73. The minimum Gasteiger partial charge on any atom is -0.477 e. The van der Waals surface area contributed by atoms with Crippen molar-refractivity contribution in [3.8, 4) is 0 Å². The second-order valence-electron chi connectivity index (χ2n) is 11.4. The highest BCUT2D eigenvalue weighted by Gasteiger charge is 2.42. The molecule has 2 fully saturated rings. The number of carbonyl (C=O) groups excluding carboxylic acids is 3. The van der Waals surface area contributed by atoms with Gasteiger partial charge in [-0.3, -0.25) is 20.4 Å². The fourth-order valence-electron chi connectivity index (χ4n) is 6.32. The number of amides is 4. The lowest BCUT2D eigenvalue weighted by Crippen LogP contribution is -2.48. The van der Waals surface area contributed by atoms with Gasteiger partial charge in [-0.1, -0.05) is 0 Å². The summed E-state index contributed by atoms with van der Waals surface area (Å²) in [4.78, 5) is 80.5. The average molecular weight is 667 g/mol. The van der Waals surface area contributed by atoms with E-state index < -0.39 is 18.0 Å². The van der Waals surface area contributed by atoms with E-state index in [0.717, 1.165) is 43.9 Å². The minimum absolute atomic E-state index is 0.0170. The first-order valence-corrected chi connectivity index (χ1v) is 15.4. The van der Waals surface area contributed by atoms with Gasteiger partial charge in [0, 0.05) is 51.0 Å². The van der Waals surface area contributed by atoms with Crippen molar-refractivity contribution >= 4 is 58.9 Å². The molecule has 0 saturated carbocycles. The minimum atomic E-state index is -1.13. The maximum Gasteiger partial charge on any atom is 0.356 e. The highest BCUT2D eigenvalue weighted by atomic mass is 16.5. The lowest BCUT2D eigenvalue weighted by Gasteiger charge is -2.35. The lowest BCUT2D eigenvalue weighted by atomic mass is 10.2. The first-order valence-electron chi connectivity index (χ1n) is 15.4. The largest absolute Gasteiger partial charge is 0.477 e. The van der Waals surface area contributed by atoms with Crippen molar-refractivity contribution in [2.24, 2.45) is 0 Å². The number of esters is 1. The molecule has 2 saturated heterocycles. The van der Waals surface area contributed by atoms with Gasteiger partial charge in [-0.2, -0.15) is 0 Å². The average Bonchev–Trinajstić information content (AvgIpc) is 3.74. The molecule has 0 aromatic carbocycles. The first-order chi connectivity index (χ1) is 23.8. The molecule has 4 aromatic heterocycles. The smallest absolute Gasteiger partial charge is 0.356 e. The summed E-state index contributed by atoms with van der Waals surface area (Å²) in [5.74, 6) is -0.445. The van der Waals surface area contributed by atoms with Crippen LogP contribution >= 0.6 is 0 Å². The number of ether oxygens (including phenoxy) is 1. The zero-order valence-corrected chi connectivity index (χ0v) is 26.1. The number of carboxylic acid groups (broad SMARTS) is 1. The van der Waals surface area contributed by atoms with Crippen LogP contribution in [0.15, 0.2) is 61.2 Å². The molecule has 2 atom stereocenters. The maximum absolute atomic E-state index is 12.8. The van der Waals surface area contributed by atoms with Gasteiger partial charge < -0.3 is 19.6 Å². The van der Waals surface area contributed by atoms with Crippen LogP contribution in [0.1, 0.15) is 33.8 Å². The predicted octanol–water partition coefficient (Wildman–Crippen LogP) is 2.49. The van der Waals surface area contributed by atoms with Gasteiger partial charge in [-0.05, 0) is 49.2 Å². The predicted molar refractivity (Wildman–Crippen MR) is 175 cm³/mol. The van der Waals surface area contributed by atoms with Gasteiger partial charge in [0.1, 0.15) is 0 Å². The van der Waals surface area contributed by atoms with E-state index >= 15 is 0 Å². The maximum atomic E-state index is 12.8. The van der Waals surface area contributed by atoms with Crippen LogP contribution in [-0.2, 0) is 4.74 Å². The number of carboxylic acids is 1. The second-order valence-corrected chi connectivity index (χ2v) is 11.4. The summed E-state index contributed by atoms with van der Waals surface area (Å²) in [6.07, 6.45) is 7.79. The van der Waals surface area contributed by atoms with Crippen LogP contribution in [0.3, 0.4) is 0 Å². The molecule has 49 heavy (non-hydrogen) atoms. The highest BCUT2D eigenvalue weighted by Crippen LogP contribution is 2.40. The Morgan fingerprint density at radius 1 is 0.714 bits per heavy atom. The summed E-state index contributed by atoms with van der Waals surface area (Å²) in [5, 5.41) is 14.5. The summed E-state index contributed by atoms with van der Waals surface area (Å²) >= 11 is 0. The number of hydrogen-bond acceptors (Lipinski definition) is 13. The number of hydrogen-bond donors (Lipinski definition) is 3. The Bertz CT molecular complexity index is 1920. The van der Waals surface area contributed by atoms with E-state index in [9.17, 15) is 24.3 Å². The normalized spacial score (nSPS) is 18.1. The van der Waals surface area contributed by atoms with Crippen LogP contribution in [0, 0.1) is 0 Å². The molecule has 3 N–H and O–H groups in total. The van der Waals surface area contributed by atoms with Gasteiger partial charge in [0.2, 0.25) is 11.9 Å². The molecular weight excluding hydrogens is 636 g/mol. The zero-order chi connectivity index (χ0) is 34.1. The van der Waals surface area contributed by atoms with Crippen molar-refractivity contribution in [2.45, 2.75) is 24.9 Å². The van der Waals surface area contributed by atoms with E-state index in [1.54, 1.807) is 47.6 Å². The molecule has 18 heteroatoms. The fourth-order valence-corrected chi connectivity index (χ4v) is 6.32. The quantitative estimate of drug-likeness (QED) is 0.267. The number of nitrogens with zero attached hydrogens (tertiary/aromatic N) is 10. The summed E-state index contributed by atoms with van der Waals surface area (Å²) in [5.41, 5.74) is 1.66. The van der Waals surface area contributed by atoms with Gasteiger partial charge in [-0.25, -0.2) is 49.1 Å². The molecule has 4 bridgehead atoms. The molecule has 4 aliphatic rings. The third kappa shape index (κ3) is 6.06. The molecule has 8 heterocycles. The molecule has 4 aliphatic heterocycles. The summed E-state index contributed by atoms with van der Waals surface area (Å²) in [6.45, 7) is 3.07. The molecule has 0 spiro atoms. The number of rotatable bonds is 4. The number of pyridine rings is 2. The fraction of sp³-hybridized carbons (Fsp3) is 0.290. The number of carbonyl (C=O) groups is 4. The number of anilines is 6. The van der Waals surface area contributed by atoms with Crippen molar-refractivity contribution in [3.63, 3.8) is 0 Å². The summed E-state index contributed by atoms with van der Waals surface area (Å²) in [7, 11) is 1.30. The van der Waals surface area contributed by atoms with Crippen molar-refractivity contribution in [3.05, 3.63) is 72.6 Å². The van der Waals surface area contributed by atoms with Gasteiger partial charge >= 0.3 is 24.0 Å². The third-order valence-electron chi connectivity index (χ3n) is 8.52. The monoisotopic (exact) mass is 666 g/mol. The SMILES string of the molecule is COC(=O)c1ccc2c(n1)N(C(=O)Nc1ncccn1)[C@H]1CCN2C1.O=C(O)c1ccc2c(n1)N(C(=O)Nc1ncccn1)[C@H]1CCN2C1. The van der Waals surface area contributed by atoms with Crippen molar-refractivity contribution in [2.75, 3.05) is 63.5 Å². The molecule has 0 radical (unpaired) electrons. The zero-order valence-electron chi connectivity index (χ0n) is 26.1. The number of aromatic carboxylic acids is 1. The molecule has 18 nitrogen and oxygen atoms in total. The number of aromatic nitrogens is 6. The Morgan fingerprint density at radius 3 is 1.61 bits per heavy atom. The molecule has 8 rings (SSSR count). The highest BCUT2D eigenvalue weighted by molar-refractivity contribution is 6.05. The van der Waals surface area contributed by atoms with Crippen LogP contribution in [0.4, 0.5) is 44.5 Å². The van der Waals surface area contributed by atoms with Gasteiger partial charge in [-0.15, -0.1) is 0 Å². The van der Waals surface area contributed by atoms with Crippen molar-refractivity contribution in [1.29, 1.82) is 0 Å². The molecule has 4 aromatic rings. The van der Waals surface area contributed by atoms with Crippen LogP contribution in [-0.4, -0.2) is 104 Å².